The Kier molecular flexibility index (Phi) is 5.04. The smallest absolute Gasteiger partial charge is 0.328 e. The number of hydrogen-bond donors (Lipinski definition) is 1. The van der Waals surface area contributed by atoms with Crippen LogP contribution in [0.25, 0.3) is 0 Å². The summed E-state index contributed by atoms with van der Waals surface area (Å²) in [6.07, 6.45) is 1.23. The van der Waals surface area contributed by atoms with Gasteiger partial charge in [0.15, 0.2) is 0 Å². The first-order chi connectivity index (χ1) is 8.97. The fraction of sp³-hybridized carbons (Fsp3) is 0.455. The van der Waals surface area contributed by atoms with Crippen molar-refractivity contribution in [1.29, 1.82) is 0 Å². The van der Waals surface area contributed by atoms with Crippen LogP contribution in [0.4, 0.5) is 0 Å². The standard InChI is InChI=1S/C11H15N3O5/c1-3-13(7-10(17)19-2)9(16)6-14-5-4-8(15)12-11(14)18/h4-5H,3,6-7H2,1-2H3,(H,12,15,18). The van der Waals surface area contributed by atoms with E-state index < -0.39 is 23.1 Å². The molecule has 0 aliphatic rings. The number of likely N-dealkylation sites (N-methyl/N-ethyl adjacent to an activating group) is 1. The minimum Gasteiger partial charge on any atom is -0.468 e. The largest absolute Gasteiger partial charge is 0.468 e. The quantitative estimate of drug-likeness (QED) is 0.659. The zero-order chi connectivity index (χ0) is 14.4. The number of methoxy groups -OCH3 is 1. The number of carbonyl (C=O) groups excluding carboxylic acids is 2. The van der Waals surface area contributed by atoms with Crippen molar-refractivity contribution in [3.63, 3.8) is 0 Å². The average Bonchev–Trinajstić information content (AvgIpc) is 2.38. The van der Waals surface area contributed by atoms with E-state index in [9.17, 15) is 19.2 Å². The molecular weight excluding hydrogens is 254 g/mol. The lowest BCUT2D eigenvalue weighted by Crippen LogP contribution is -2.40. The van der Waals surface area contributed by atoms with Crippen molar-refractivity contribution < 1.29 is 14.3 Å². The number of aromatic nitrogens is 2. The maximum Gasteiger partial charge on any atom is 0.328 e. The van der Waals surface area contributed by atoms with Crippen LogP contribution in [0.1, 0.15) is 6.92 Å². The van der Waals surface area contributed by atoms with Crippen molar-refractivity contribution >= 4 is 11.9 Å². The minimum atomic E-state index is -0.671. The molecular formula is C11H15N3O5. The zero-order valence-corrected chi connectivity index (χ0v) is 10.7. The van der Waals surface area contributed by atoms with E-state index >= 15 is 0 Å². The molecule has 1 rings (SSSR count). The van der Waals surface area contributed by atoms with Gasteiger partial charge in [0, 0.05) is 18.8 Å². The van der Waals surface area contributed by atoms with Gasteiger partial charge in [-0.1, -0.05) is 0 Å². The summed E-state index contributed by atoms with van der Waals surface area (Å²) in [5.41, 5.74) is -1.20. The van der Waals surface area contributed by atoms with E-state index in [2.05, 4.69) is 4.74 Å². The molecule has 1 heterocycles. The molecule has 0 bridgehead atoms. The van der Waals surface area contributed by atoms with Crippen molar-refractivity contribution in [2.45, 2.75) is 13.5 Å². The Labute approximate surface area is 108 Å². The van der Waals surface area contributed by atoms with Gasteiger partial charge in [0.2, 0.25) is 5.91 Å². The third-order valence-electron chi connectivity index (χ3n) is 2.48. The first-order valence-corrected chi connectivity index (χ1v) is 5.62. The molecule has 8 heteroatoms. The van der Waals surface area contributed by atoms with Crippen LogP contribution in [0.3, 0.4) is 0 Å². The van der Waals surface area contributed by atoms with Crippen molar-refractivity contribution in [2.75, 3.05) is 20.2 Å². The minimum absolute atomic E-state index is 0.177. The van der Waals surface area contributed by atoms with E-state index in [1.807, 2.05) is 4.98 Å². The first kappa shape index (κ1) is 14.7. The molecule has 1 amide bonds. The van der Waals surface area contributed by atoms with E-state index in [0.29, 0.717) is 6.54 Å². The number of amides is 1. The van der Waals surface area contributed by atoms with Gasteiger partial charge in [0.25, 0.3) is 5.56 Å². The van der Waals surface area contributed by atoms with E-state index in [4.69, 9.17) is 0 Å². The summed E-state index contributed by atoms with van der Waals surface area (Å²) in [6.45, 7) is 1.59. The number of aromatic amines is 1. The van der Waals surface area contributed by atoms with E-state index in [1.54, 1.807) is 6.92 Å². The van der Waals surface area contributed by atoms with Crippen LogP contribution in [0.2, 0.25) is 0 Å². The van der Waals surface area contributed by atoms with Crippen LogP contribution in [0, 0.1) is 0 Å². The first-order valence-electron chi connectivity index (χ1n) is 5.62. The van der Waals surface area contributed by atoms with Gasteiger partial charge in [-0.15, -0.1) is 0 Å². The molecule has 1 N–H and O–H groups in total. The van der Waals surface area contributed by atoms with Gasteiger partial charge < -0.3 is 9.64 Å². The maximum absolute atomic E-state index is 11.9. The van der Waals surface area contributed by atoms with Crippen LogP contribution >= 0.6 is 0 Å². The molecule has 0 atom stereocenters. The fourth-order valence-corrected chi connectivity index (χ4v) is 1.41. The highest BCUT2D eigenvalue weighted by Crippen LogP contribution is 1.93. The number of esters is 1. The van der Waals surface area contributed by atoms with E-state index in [-0.39, 0.29) is 13.1 Å². The summed E-state index contributed by atoms with van der Waals surface area (Å²) >= 11 is 0. The van der Waals surface area contributed by atoms with Crippen molar-refractivity contribution in [2.24, 2.45) is 0 Å². The van der Waals surface area contributed by atoms with Crippen LogP contribution in [0.5, 0.6) is 0 Å². The predicted molar refractivity (Wildman–Crippen MR) is 65.6 cm³/mol. The lowest BCUT2D eigenvalue weighted by molar-refractivity contribution is -0.147. The van der Waals surface area contributed by atoms with Crippen molar-refractivity contribution in [3.8, 4) is 0 Å². The van der Waals surface area contributed by atoms with Gasteiger partial charge in [-0.05, 0) is 6.92 Å². The second-order valence-electron chi connectivity index (χ2n) is 3.72. The average molecular weight is 269 g/mol. The van der Waals surface area contributed by atoms with Gasteiger partial charge in [-0.2, -0.15) is 0 Å². The Morgan fingerprint density at radius 1 is 1.42 bits per heavy atom. The highest BCUT2D eigenvalue weighted by atomic mass is 16.5. The molecule has 0 saturated carbocycles. The third kappa shape index (κ3) is 4.09. The van der Waals surface area contributed by atoms with Crippen molar-refractivity contribution in [3.05, 3.63) is 33.1 Å². The summed E-state index contributed by atoms with van der Waals surface area (Å²) in [6, 6.07) is 1.14. The summed E-state index contributed by atoms with van der Waals surface area (Å²) < 4.78 is 5.53. The highest BCUT2D eigenvalue weighted by molar-refractivity contribution is 5.81. The number of carbonyl (C=O) groups is 2. The molecule has 19 heavy (non-hydrogen) atoms. The Bertz CT molecular complexity index is 574. The van der Waals surface area contributed by atoms with Crippen LogP contribution in [-0.4, -0.2) is 46.5 Å². The Balaban J connectivity index is 2.79. The monoisotopic (exact) mass is 269 g/mol. The van der Waals surface area contributed by atoms with Crippen molar-refractivity contribution in [1.82, 2.24) is 14.5 Å². The summed E-state index contributed by atoms with van der Waals surface area (Å²) in [7, 11) is 1.23. The molecule has 0 radical (unpaired) electrons. The van der Waals surface area contributed by atoms with Crippen LogP contribution < -0.4 is 11.2 Å². The number of nitrogens with zero attached hydrogens (tertiary/aromatic N) is 2. The molecule has 1 aromatic rings. The molecule has 0 unspecified atom stereocenters. The molecule has 1 aromatic heterocycles. The second kappa shape index (κ2) is 6.53. The molecule has 0 spiro atoms. The van der Waals surface area contributed by atoms with Gasteiger partial charge in [0.05, 0.1) is 7.11 Å². The molecule has 0 aromatic carbocycles. The Morgan fingerprint density at radius 2 is 2.11 bits per heavy atom. The summed E-state index contributed by atoms with van der Waals surface area (Å²) in [4.78, 5) is 48.6. The lowest BCUT2D eigenvalue weighted by Gasteiger charge is -2.19. The Hall–Kier alpha value is -2.38. The van der Waals surface area contributed by atoms with Crippen LogP contribution in [-0.2, 0) is 20.9 Å². The predicted octanol–water partition coefficient (Wildman–Crippen LogP) is -1.44. The molecule has 0 aliphatic carbocycles. The number of ether oxygens (including phenoxy) is 1. The van der Waals surface area contributed by atoms with Gasteiger partial charge in [0.1, 0.15) is 13.1 Å². The number of hydrogen-bond acceptors (Lipinski definition) is 5. The fourth-order valence-electron chi connectivity index (χ4n) is 1.41. The normalized spacial score (nSPS) is 10.0. The second-order valence-corrected chi connectivity index (χ2v) is 3.72. The molecule has 0 fully saturated rings. The zero-order valence-electron chi connectivity index (χ0n) is 10.7. The molecule has 0 saturated heterocycles. The number of nitrogens with one attached hydrogen (secondary N) is 1. The number of H-pyrrole nitrogens is 1. The third-order valence-corrected chi connectivity index (χ3v) is 2.48. The van der Waals surface area contributed by atoms with Gasteiger partial charge >= 0.3 is 11.7 Å². The van der Waals surface area contributed by atoms with E-state index in [1.165, 1.54) is 18.2 Å². The lowest BCUT2D eigenvalue weighted by atomic mass is 10.4. The molecule has 8 nitrogen and oxygen atoms in total. The summed E-state index contributed by atoms with van der Waals surface area (Å²) in [5, 5.41) is 0. The summed E-state index contributed by atoms with van der Waals surface area (Å²) in [5.74, 6) is -0.953. The Morgan fingerprint density at radius 3 is 2.63 bits per heavy atom. The maximum atomic E-state index is 11.9. The molecule has 0 aliphatic heterocycles. The SMILES string of the molecule is CCN(CC(=O)OC)C(=O)Cn1ccc(=O)[nH]c1=O. The highest BCUT2D eigenvalue weighted by Gasteiger charge is 2.16. The van der Waals surface area contributed by atoms with E-state index in [0.717, 1.165) is 10.6 Å². The van der Waals surface area contributed by atoms with Gasteiger partial charge in [-0.3, -0.25) is 23.9 Å². The number of rotatable bonds is 5. The molecule has 104 valence electrons. The van der Waals surface area contributed by atoms with Crippen LogP contribution in [0.15, 0.2) is 21.9 Å². The topological polar surface area (TPSA) is 101 Å². The van der Waals surface area contributed by atoms with Gasteiger partial charge in [-0.25, -0.2) is 4.79 Å².